The van der Waals surface area contributed by atoms with E-state index in [0.717, 1.165) is 12.8 Å². The Morgan fingerprint density at radius 2 is 1.96 bits per heavy atom. The van der Waals surface area contributed by atoms with E-state index in [1.807, 2.05) is 42.2 Å². The van der Waals surface area contributed by atoms with Crippen LogP contribution in [0.3, 0.4) is 0 Å². The Hall–Kier alpha value is -1.84. The van der Waals surface area contributed by atoms with Crippen molar-refractivity contribution in [3.63, 3.8) is 0 Å². The molecule has 0 aliphatic carbocycles. The second-order valence-electron chi connectivity index (χ2n) is 7.37. The van der Waals surface area contributed by atoms with E-state index < -0.39 is 5.54 Å². The average molecular weight is 315 g/mol. The number of hydrogen-bond acceptors (Lipinski definition) is 3. The van der Waals surface area contributed by atoms with E-state index >= 15 is 0 Å². The fourth-order valence-electron chi connectivity index (χ4n) is 4.51. The van der Waals surface area contributed by atoms with Gasteiger partial charge in [0.1, 0.15) is 5.54 Å². The van der Waals surface area contributed by atoms with Crippen molar-refractivity contribution < 1.29 is 14.3 Å². The Balaban J connectivity index is 2.05. The molecule has 0 saturated carbocycles. The summed E-state index contributed by atoms with van der Waals surface area (Å²) in [6, 6.07) is 9.35. The minimum absolute atomic E-state index is 0.0473. The summed E-state index contributed by atoms with van der Waals surface area (Å²) in [6.45, 7) is 6.49. The zero-order valence-corrected chi connectivity index (χ0v) is 14.2. The van der Waals surface area contributed by atoms with Gasteiger partial charge in [-0.05, 0) is 50.2 Å². The van der Waals surface area contributed by atoms with Crippen LogP contribution >= 0.6 is 0 Å². The van der Waals surface area contributed by atoms with Crippen LogP contribution in [0.1, 0.15) is 56.8 Å². The summed E-state index contributed by atoms with van der Waals surface area (Å²) < 4.78 is 5.38. The number of fused-ring (bicyclic) bond motifs is 2. The van der Waals surface area contributed by atoms with Crippen molar-refractivity contribution in [1.82, 2.24) is 4.90 Å². The van der Waals surface area contributed by atoms with E-state index in [9.17, 15) is 9.59 Å². The molecular formula is C19H25NO3. The third kappa shape index (κ3) is 2.44. The van der Waals surface area contributed by atoms with Crippen LogP contribution in [0.25, 0.3) is 0 Å². The first kappa shape index (κ1) is 16.0. The van der Waals surface area contributed by atoms with Gasteiger partial charge >= 0.3 is 5.97 Å². The van der Waals surface area contributed by atoms with Crippen LogP contribution in [0.2, 0.25) is 0 Å². The molecule has 23 heavy (non-hydrogen) atoms. The van der Waals surface area contributed by atoms with Gasteiger partial charge in [-0.15, -0.1) is 0 Å². The molecule has 1 aromatic rings. The molecule has 0 spiro atoms. The summed E-state index contributed by atoms with van der Waals surface area (Å²) >= 11 is 0. The molecule has 124 valence electrons. The highest BCUT2D eigenvalue weighted by Crippen LogP contribution is 2.54. The van der Waals surface area contributed by atoms with Crippen molar-refractivity contribution in [3.8, 4) is 0 Å². The molecule has 0 radical (unpaired) electrons. The van der Waals surface area contributed by atoms with Crippen molar-refractivity contribution in [3.05, 3.63) is 35.9 Å². The molecule has 2 saturated heterocycles. The first-order chi connectivity index (χ1) is 10.9. The molecular weight excluding hydrogens is 290 g/mol. The van der Waals surface area contributed by atoms with Crippen LogP contribution in [0.4, 0.5) is 0 Å². The highest BCUT2D eigenvalue weighted by molar-refractivity contribution is 5.99. The third-order valence-corrected chi connectivity index (χ3v) is 5.39. The number of benzene rings is 1. The van der Waals surface area contributed by atoms with Gasteiger partial charge in [-0.2, -0.15) is 0 Å². The van der Waals surface area contributed by atoms with Crippen molar-refractivity contribution in [2.24, 2.45) is 5.41 Å². The van der Waals surface area contributed by atoms with Crippen LogP contribution in [0.5, 0.6) is 0 Å². The number of esters is 1. The molecule has 1 amide bonds. The molecule has 4 nitrogen and oxygen atoms in total. The highest BCUT2D eigenvalue weighted by Gasteiger charge is 2.63. The topological polar surface area (TPSA) is 46.6 Å². The molecule has 2 heterocycles. The predicted molar refractivity (Wildman–Crippen MR) is 88.0 cm³/mol. The van der Waals surface area contributed by atoms with Gasteiger partial charge in [0.25, 0.3) is 5.91 Å². The Bertz CT molecular complexity index is 610. The monoisotopic (exact) mass is 315 g/mol. The summed E-state index contributed by atoms with van der Waals surface area (Å²) in [4.78, 5) is 27.8. The highest BCUT2D eigenvalue weighted by atomic mass is 16.5. The summed E-state index contributed by atoms with van der Waals surface area (Å²) in [5, 5.41) is 0. The van der Waals surface area contributed by atoms with Crippen LogP contribution < -0.4 is 0 Å². The normalized spacial score (nSPS) is 28.5. The maximum absolute atomic E-state index is 13.2. The molecule has 2 aliphatic heterocycles. The van der Waals surface area contributed by atoms with Gasteiger partial charge in [-0.1, -0.05) is 32.0 Å². The largest absolute Gasteiger partial charge is 0.464 e. The van der Waals surface area contributed by atoms with Gasteiger partial charge in [0.2, 0.25) is 0 Å². The van der Waals surface area contributed by atoms with Gasteiger partial charge in [0.15, 0.2) is 0 Å². The lowest BCUT2D eigenvalue weighted by Gasteiger charge is -2.43. The summed E-state index contributed by atoms with van der Waals surface area (Å²) in [5.74, 6) is -0.284. The van der Waals surface area contributed by atoms with Crippen molar-refractivity contribution in [2.45, 2.75) is 58.0 Å². The van der Waals surface area contributed by atoms with Crippen LogP contribution in [-0.2, 0) is 9.53 Å². The number of rotatable bonds is 3. The second-order valence-corrected chi connectivity index (χ2v) is 7.37. The van der Waals surface area contributed by atoms with E-state index in [-0.39, 0.29) is 23.3 Å². The zero-order chi connectivity index (χ0) is 16.7. The quantitative estimate of drug-likeness (QED) is 0.803. The molecule has 1 aromatic carbocycles. The molecule has 3 rings (SSSR count). The second kappa shape index (κ2) is 5.66. The number of carbonyl (C=O) groups excluding carboxylic acids is 2. The lowest BCUT2D eigenvalue weighted by Crippen LogP contribution is -2.58. The predicted octanol–water partition coefficient (Wildman–Crippen LogP) is 3.41. The minimum Gasteiger partial charge on any atom is -0.464 e. The van der Waals surface area contributed by atoms with Crippen LogP contribution in [0.15, 0.2) is 30.3 Å². The molecule has 0 aromatic heterocycles. The van der Waals surface area contributed by atoms with E-state index in [4.69, 9.17) is 4.74 Å². The summed E-state index contributed by atoms with van der Waals surface area (Å²) in [5.41, 5.74) is -0.228. The first-order valence-electron chi connectivity index (χ1n) is 8.48. The van der Waals surface area contributed by atoms with Gasteiger partial charge < -0.3 is 9.64 Å². The molecule has 4 heteroatoms. The zero-order valence-electron chi connectivity index (χ0n) is 14.2. The van der Waals surface area contributed by atoms with E-state index in [1.165, 1.54) is 0 Å². The van der Waals surface area contributed by atoms with Crippen LogP contribution in [-0.4, -0.2) is 35.0 Å². The molecule has 2 aliphatic rings. The fraction of sp³-hybridized carbons (Fsp3) is 0.579. The average Bonchev–Trinajstić information content (AvgIpc) is 2.67. The maximum atomic E-state index is 13.2. The Morgan fingerprint density at radius 1 is 1.26 bits per heavy atom. The smallest absolute Gasteiger partial charge is 0.332 e. The Morgan fingerprint density at radius 3 is 2.61 bits per heavy atom. The van der Waals surface area contributed by atoms with Gasteiger partial charge in [0, 0.05) is 11.6 Å². The number of piperidine rings is 1. The van der Waals surface area contributed by atoms with Crippen molar-refractivity contribution in [1.29, 1.82) is 0 Å². The van der Waals surface area contributed by atoms with Crippen molar-refractivity contribution >= 4 is 11.9 Å². The van der Waals surface area contributed by atoms with Gasteiger partial charge in [-0.3, -0.25) is 4.79 Å². The maximum Gasteiger partial charge on any atom is 0.332 e. The van der Waals surface area contributed by atoms with Crippen LogP contribution in [0, 0.1) is 5.41 Å². The summed E-state index contributed by atoms with van der Waals surface area (Å²) in [6.07, 6.45) is 3.30. The molecule has 2 bridgehead atoms. The van der Waals surface area contributed by atoms with Gasteiger partial charge in [0.05, 0.1) is 6.61 Å². The third-order valence-electron chi connectivity index (χ3n) is 5.39. The number of ether oxygens (including phenoxy) is 1. The van der Waals surface area contributed by atoms with E-state index in [0.29, 0.717) is 25.0 Å². The molecule has 2 atom stereocenters. The standard InChI is InChI=1S/C19H25NO3/c1-4-23-17(22)19-12-8-11-15(18(2,3)13-19)20(19)16(21)14-9-6-5-7-10-14/h5-7,9-10,15H,4,8,11-13H2,1-3H3. The Labute approximate surface area is 137 Å². The minimum atomic E-state index is -0.796. The lowest BCUT2D eigenvalue weighted by atomic mass is 9.81. The van der Waals surface area contributed by atoms with Gasteiger partial charge in [-0.25, -0.2) is 4.79 Å². The first-order valence-corrected chi connectivity index (χ1v) is 8.48. The fourth-order valence-corrected chi connectivity index (χ4v) is 4.51. The molecule has 2 unspecified atom stereocenters. The number of carbonyl (C=O) groups is 2. The lowest BCUT2D eigenvalue weighted by molar-refractivity contribution is -0.157. The van der Waals surface area contributed by atoms with E-state index in [1.54, 1.807) is 0 Å². The Kier molecular flexibility index (Phi) is 3.95. The van der Waals surface area contributed by atoms with E-state index in [2.05, 4.69) is 13.8 Å². The number of nitrogens with zero attached hydrogens (tertiary/aromatic N) is 1. The SMILES string of the molecule is CCOC(=O)C12CCCC(N1C(=O)c1ccccc1)C(C)(C)C2. The number of amides is 1. The molecule has 0 N–H and O–H groups in total. The molecule has 2 fully saturated rings. The summed E-state index contributed by atoms with van der Waals surface area (Å²) in [7, 11) is 0. The van der Waals surface area contributed by atoms with Crippen molar-refractivity contribution in [2.75, 3.05) is 6.61 Å². The number of hydrogen-bond donors (Lipinski definition) is 0.